The van der Waals surface area contributed by atoms with Gasteiger partial charge < -0.3 is 20.4 Å². The summed E-state index contributed by atoms with van der Waals surface area (Å²) in [4.78, 5) is 21.2. The summed E-state index contributed by atoms with van der Waals surface area (Å²) >= 11 is 0. The number of anilines is 1. The van der Waals surface area contributed by atoms with Gasteiger partial charge in [-0.3, -0.25) is 0 Å². The fourth-order valence-electron chi connectivity index (χ4n) is 4.19. The average Bonchev–Trinajstić information content (AvgIpc) is 3.21. The molecular weight excluding hydrogens is 414 g/mol. The number of aromatic nitrogens is 3. The number of benzene rings is 2. The summed E-state index contributed by atoms with van der Waals surface area (Å²) in [5.41, 5.74) is 10.7. The number of fused-ring (bicyclic) bond motifs is 3. The molecule has 0 unspecified atom stereocenters. The van der Waals surface area contributed by atoms with Crippen LogP contribution in [0.2, 0.25) is 0 Å². The summed E-state index contributed by atoms with van der Waals surface area (Å²) < 4.78 is 7.13. The predicted octanol–water partition coefficient (Wildman–Crippen LogP) is 4.48. The van der Waals surface area contributed by atoms with E-state index in [0.29, 0.717) is 17.9 Å². The number of hydrogen-bond donors (Lipinski definition) is 2. The molecule has 0 saturated heterocycles. The Balaban J connectivity index is 1.49. The van der Waals surface area contributed by atoms with Crippen molar-refractivity contribution in [3.8, 4) is 0 Å². The Bertz CT molecular complexity index is 1260. The first-order valence-electron chi connectivity index (χ1n) is 11.5. The summed E-state index contributed by atoms with van der Waals surface area (Å²) in [5.74, 6) is 1.25. The van der Waals surface area contributed by atoms with Crippen LogP contribution in [0.1, 0.15) is 47.9 Å². The number of para-hydroxylation sites is 1. The van der Waals surface area contributed by atoms with Gasteiger partial charge in [-0.15, -0.1) is 0 Å². The van der Waals surface area contributed by atoms with Crippen molar-refractivity contribution in [2.75, 3.05) is 19.4 Å². The van der Waals surface area contributed by atoms with Crippen molar-refractivity contribution in [2.24, 2.45) is 0 Å². The highest BCUT2D eigenvalue weighted by Crippen LogP contribution is 2.29. The van der Waals surface area contributed by atoms with Crippen molar-refractivity contribution in [1.29, 1.82) is 0 Å². The molecule has 0 amide bonds. The molecule has 0 spiro atoms. The second kappa shape index (κ2) is 10.4. The number of ether oxygens (including phenoxy) is 1. The lowest BCUT2D eigenvalue weighted by molar-refractivity contribution is 0.0600. The van der Waals surface area contributed by atoms with Gasteiger partial charge in [0.05, 0.1) is 23.7 Å². The summed E-state index contributed by atoms with van der Waals surface area (Å²) in [6.45, 7) is 4.57. The zero-order chi connectivity index (χ0) is 23.2. The van der Waals surface area contributed by atoms with Gasteiger partial charge in [0.1, 0.15) is 11.3 Å². The Morgan fingerprint density at radius 2 is 1.97 bits per heavy atom. The number of carbonyl (C=O) groups excluding carboxylic acids is 1. The molecule has 0 radical (unpaired) electrons. The molecule has 4 rings (SSSR count). The monoisotopic (exact) mass is 445 g/mol. The molecule has 7 heteroatoms. The van der Waals surface area contributed by atoms with Crippen molar-refractivity contribution in [3.05, 3.63) is 65.5 Å². The van der Waals surface area contributed by atoms with Gasteiger partial charge in [0.2, 0.25) is 0 Å². The van der Waals surface area contributed by atoms with Crippen LogP contribution >= 0.6 is 0 Å². The predicted molar refractivity (Wildman–Crippen MR) is 132 cm³/mol. The molecule has 0 bridgehead atoms. The fraction of sp³-hybridized carbons (Fsp3) is 0.346. The van der Waals surface area contributed by atoms with Crippen LogP contribution < -0.4 is 11.1 Å². The molecule has 172 valence electrons. The van der Waals surface area contributed by atoms with Crippen LogP contribution in [-0.4, -0.2) is 34.2 Å². The lowest BCUT2D eigenvalue weighted by Gasteiger charge is -2.12. The van der Waals surface area contributed by atoms with Crippen LogP contribution in [0, 0.1) is 0 Å². The molecule has 0 aliphatic heterocycles. The number of nitrogen functional groups attached to an aromatic ring is 1. The molecule has 3 N–H and O–H groups in total. The van der Waals surface area contributed by atoms with E-state index in [2.05, 4.69) is 27.9 Å². The van der Waals surface area contributed by atoms with Crippen molar-refractivity contribution < 1.29 is 9.53 Å². The number of nitrogens with two attached hydrogens (primary N) is 1. The number of unbranched alkanes of at least 4 members (excludes halogenated alkanes) is 1. The van der Waals surface area contributed by atoms with Gasteiger partial charge in [0.15, 0.2) is 5.82 Å². The summed E-state index contributed by atoms with van der Waals surface area (Å²) in [6.07, 6.45) is 4.07. The topological polar surface area (TPSA) is 95.1 Å². The van der Waals surface area contributed by atoms with Crippen LogP contribution in [0.15, 0.2) is 48.5 Å². The van der Waals surface area contributed by atoms with Gasteiger partial charge in [0.25, 0.3) is 0 Å². The van der Waals surface area contributed by atoms with E-state index in [9.17, 15) is 4.79 Å². The van der Waals surface area contributed by atoms with Crippen molar-refractivity contribution in [3.63, 3.8) is 0 Å². The maximum Gasteiger partial charge on any atom is 0.337 e. The quantitative estimate of drug-likeness (QED) is 0.276. The number of imidazole rings is 1. The summed E-state index contributed by atoms with van der Waals surface area (Å²) in [5, 5.41) is 4.57. The van der Waals surface area contributed by atoms with Gasteiger partial charge in [-0.2, -0.15) is 0 Å². The number of nitrogens with zero attached hydrogens (tertiary/aromatic N) is 3. The number of esters is 1. The van der Waals surface area contributed by atoms with Crippen LogP contribution in [0.4, 0.5) is 5.82 Å². The number of nitrogens with one attached hydrogen (secondary N) is 1. The Morgan fingerprint density at radius 1 is 1.12 bits per heavy atom. The first-order chi connectivity index (χ1) is 16.1. The Kier molecular flexibility index (Phi) is 7.19. The number of carbonyl (C=O) groups is 1. The van der Waals surface area contributed by atoms with E-state index in [0.717, 1.165) is 72.1 Å². The van der Waals surface area contributed by atoms with E-state index in [1.165, 1.54) is 7.11 Å². The third-order valence-corrected chi connectivity index (χ3v) is 5.86. The Hall–Kier alpha value is -3.45. The Labute approximate surface area is 194 Å². The van der Waals surface area contributed by atoms with Gasteiger partial charge in [-0.25, -0.2) is 14.8 Å². The SMILES string of the molecule is CCCCc1nc2c(N)nc3ccccc3c2n1CCCNCc1cccc(C(=O)OC)c1. The molecule has 0 aliphatic carbocycles. The first-order valence-corrected chi connectivity index (χ1v) is 11.5. The van der Waals surface area contributed by atoms with Crippen molar-refractivity contribution in [1.82, 2.24) is 19.9 Å². The van der Waals surface area contributed by atoms with Gasteiger partial charge in [0, 0.05) is 24.9 Å². The van der Waals surface area contributed by atoms with Gasteiger partial charge >= 0.3 is 5.97 Å². The minimum Gasteiger partial charge on any atom is -0.465 e. The molecular formula is C26H31N5O2. The molecule has 0 atom stereocenters. The molecule has 33 heavy (non-hydrogen) atoms. The molecule has 2 aromatic carbocycles. The number of rotatable bonds is 10. The molecule has 0 aliphatic rings. The van der Waals surface area contributed by atoms with Gasteiger partial charge in [-0.1, -0.05) is 43.7 Å². The molecule has 2 aromatic heterocycles. The minimum atomic E-state index is -0.315. The van der Waals surface area contributed by atoms with Crippen LogP contribution in [0.3, 0.4) is 0 Å². The van der Waals surface area contributed by atoms with E-state index in [-0.39, 0.29) is 5.97 Å². The van der Waals surface area contributed by atoms with Crippen molar-refractivity contribution in [2.45, 2.75) is 45.7 Å². The molecule has 2 heterocycles. The molecule has 4 aromatic rings. The maximum atomic E-state index is 11.7. The summed E-state index contributed by atoms with van der Waals surface area (Å²) in [7, 11) is 1.40. The van der Waals surface area contributed by atoms with E-state index >= 15 is 0 Å². The highest BCUT2D eigenvalue weighted by molar-refractivity contribution is 6.06. The average molecular weight is 446 g/mol. The third kappa shape index (κ3) is 4.98. The number of aryl methyl sites for hydroxylation is 2. The zero-order valence-corrected chi connectivity index (χ0v) is 19.3. The third-order valence-electron chi connectivity index (χ3n) is 5.86. The van der Waals surface area contributed by atoms with E-state index in [1.54, 1.807) is 6.07 Å². The molecule has 7 nitrogen and oxygen atoms in total. The number of hydrogen-bond acceptors (Lipinski definition) is 6. The lowest BCUT2D eigenvalue weighted by atomic mass is 10.1. The smallest absolute Gasteiger partial charge is 0.337 e. The second-order valence-electron chi connectivity index (χ2n) is 8.22. The highest BCUT2D eigenvalue weighted by atomic mass is 16.5. The molecule has 0 fully saturated rings. The zero-order valence-electron chi connectivity index (χ0n) is 19.3. The largest absolute Gasteiger partial charge is 0.465 e. The highest BCUT2D eigenvalue weighted by Gasteiger charge is 2.16. The maximum absolute atomic E-state index is 11.7. The normalized spacial score (nSPS) is 11.3. The van der Waals surface area contributed by atoms with Crippen LogP contribution in [-0.2, 0) is 24.2 Å². The standard InChI is InChI=1S/C26H31N5O2/c1-3-4-13-22-30-23-24(20-11-5-6-12-21(20)29-25(23)27)31(22)15-8-14-28-17-18-9-7-10-19(16-18)26(32)33-2/h5-7,9-12,16,28H,3-4,8,13-15,17H2,1-2H3,(H2,27,29). The van der Waals surface area contributed by atoms with E-state index in [4.69, 9.17) is 15.5 Å². The minimum absolute atomic E-state index is 0.315. The summed E-state index contributed by atoms with van der Waals surface area (Å²) in [6, 6.07) is 15.6. The lowest BCUT2D eigenvalue weighted by Crippen LogP contribution is -2.17. The van der Waals surface area contributed by atoms with Gasteiger partial charge in [-0.05, 0) is 43.1 Å². The van der Waals surface area contributed by atoms with E-state index < -0.39 is 0 Å². The van der Waals surface area contributed by atoms with Crippen LogP contribution in [0.25, 0.3) is 21.9 Å². The van der Waals surface area contributed by atoms with E-state index in [1.807, 2.05) is 36.4 Å². The molecule has 0 saturated carbocycles. The fourth-order valence-corrected chi connectivity index (χ4v) is 4.19. The number of methoxy groups -OCH3 is 1. The first kappa shape index (κ1) is 22.7. The van der Waals surface area contributed by atoms with Crippen LogP contribution in [0.5, 0.6) is 0 Å². The Morgan fingerprint density at radius 3 is 2.79 bits per heavy atom. The number of pyridine rings is 1. The van der Waals surface area contributed by atoms with Crippen molar-refractivity contribution >= 4 is 33.7 Å². The second-order valence-corrected chi connectivity index (χ2v) is 8.22.